The highest BCUT2D eigenvalue weighted by Gasteiger charge is 2.27. The Morgan fingerprint density at radius 1 is 1.16 bits per heavy atom. The number of carbonyl (C=O) groups excluding carboxylic acids is 1. The molecule has 0 aromatic heterocycles. The maximum atomic E-state index is 11.9. The van der Waals surface area contributed by atoms with Crippen LogP contribution in [0, 0.1) is 5.41 Å². The summed E-state index contributed by atoms with van der Waals surface area (Å²) in [5, 5.41) is 2.85. The van der Waals surface area contributed by atoms with Crippen LogP contribution < -0.4 is 11.1 Å². The lowest BCUT2D eigenvalue weighted by Gasteiger charge is -2.25. The highest BCUT2D eigenvalue weighted by Crippen LogP contribution is 2.20. The van der Waals surface area contributed by atoms with Gasteiger partial charge in [0.25, 0.3) is 0 Å². The van der Waals surface area contributed by atoms with Crippen LogP contribution in [0.5, 0.6) is 0 Å². The zero-order valence-corrected chi connectivity index (χ0v) is 13.2. The number of nitrogens with one attached hydrogen (secondary N) is 1. The normalized spacial score (nSPS) is 12.8. The van der Waals surface area contributed by atoms with Gasteiger partial charge in [-0.15, -0.1) is 12.4 Å². The molecule has 0 unspecified atom stereocenters. The topological polar surface area (TPSA) is 55.1 Å². The summed E-state index contributed by atoms with van der Waals surface area (Å²) in [6, 6.07) is 7.39. The summed E-state index contributed by atoms with van der Waals surface area (Å²) in [5.41, 5.74) is 7.73. The van der Waals surface area contributed by atoms with Crippen LogP contribution in [0.3, 0.4) is 0 Å². The molecule has 0 bridgehead atoms. The molecule has 0 aliphatic carbocycles. The summed E-state index contributed by atoms with van der Waals surface area (Å²) in [6.07, 6.45) is 0. The molecular weight excluding hydrogens is 260 g/mol. The van der Waals surface area contributed by atoms with E-state index in [0.717, 1.165) is 5.69 Å². The minimum absolute atomic E-state index is 0. The molecule has 1 aromatic carbocycles. The summed E-state index contributed by atoms with van der Waals surface area (Å²) < 4.78 is 0. The molecule has 0 spiro atoms. The van der Waals surface area contributed by atoms with Crippen molar-refractivity contribution in [2.45, 2.75) is 46.6 Å². The molecule has 4 heteroatoms. The Bertz CT molecular complexity index is 407. The van der Waals surface area contributed by atoms with E-state index in [2.05, 4.69) is 19.2 Å². The van der Waals surface area contributed by atoms with Crippen LogP contribution >= 0.6 is 12.4 Å². The molecule has 0 aliphatic heterocycles. The SMILES string of the molecule is CC(C)c1ccc(NC(=O)[C@@H](N)C(C)(C)C)cc1.Cl. The number of rotatable bonds is 3. The van der Waals surface area contributed by atoms with Crippen LogP contribution in [0.2, 0.25) is 0 Å². The van der Waals surface area contributed by atoms with Crippen molar-refractivity contribution in [2.24, 2.45) is 11.1 Å². The van der Waals surface area contributed by atoms with Gasteiger partial charge in [0, 0.05) is 5.69 Å². The molecule has 0 saturated heterocycles. The molecule has 0 heterocycles. The molecule has 0 radical (unpaired) electrons. The second-order valence-electron chi connectivity index (χ2n) is 6.11. The third kappa shape index (κ3) is 5.21. The molecule has 0 saturated carbocycles. The number of benzene rings is 1. The number of nitrogens with two attached hydrogens (primary N) is 1. The number of hydrogen-bond acceptors (Lipinski definition) is 2. The summed E-state index contributed by atoms with van der Waals surface area (Å²) >= 11 is 0. The fraction of sp³-hybridized carbons (Fsp3) is 0.533. The van der Waals surface area contributed by atoms with Crippen molar-refractivity contribution in [2.75, 3.05) is 5.32 Å². The number of carbonyl (C=O) groups is 1. The third-order valence-electron chi connectivity index (χ3n) is 3.06. The Balaban J connectivity index is 0.00000324. The van der Waals surface area contributed by atoms with Gasteiger partial charge in [-0.25, -0.2) is 0 Å². The molecule has 108 valence electrons. The fourth-order valence-corrected chi connectivity index (χ4v) is 1.56. The van der Waals surface area contributed by atoms with E-state index < -0.39 is 6.04 Å². The first-order valence-corrected chi connectivity index (χ1v) is 6.38. The molecule has 1 amide bonds. The Morgan fingerprint density at radius 2 is 1.63 bits per heavy atom. The number of amides is 1. The van der Waals surface area contributed by atoms with Gasteiger partial charge in [-0.3, -0.25) is 4.79 Å². The van der Waals surface area contributed by atoms with Crippen molar-refractivity contribution < 1.29 is 4.79 Å². The van der Waals surface area contributed by atoms with Gasteiger partial charge >= 0.3 is 0 Å². The number of hydrogen-bond donors (Lipinski definition) is 2. The van der Waals surface area contributed by atoms with Gasteiger partial charge in [0.1, 0.15) is 0 Å². The molecule has 19 heavy (non-hydrogen) atoms. The maximum Gasteiger partial charge on any atom is 0.241 e. The van der Waals surface area contributed by atoms with Gasteiger partial charge in [-0.1, -0.05) is 46.8 Å². The van der Waals surface area contributed by atoms with Crippen molar-refractivity contribution in [3.05, 3.63) is 29.8 Å². The lowest BCUT2D eigenvalue weighted by molar-refractivity contribution is -0.119. The van der Waals surface area contributed by atoms with Crippen LogP contribution in [0.15, 0.2) is 24.3 Å². The first-order chi connectivity index (χ1) is 8.21. The first-order valence-electron chi connectivity index (χ1n) is 6.38. The molecule has 1 atom stereocenters. The Morgan fingerprint density at radius 3 is 2.00 bits per heavy atom. The van der Waals surface area contributed by atoms with E-state index in [4.69, 9.17) is 5.73 Å². The van der Waals surface area contributed by atoms with Gasteiger partial charge in [0.2, 0.25) is 5.91 Å². The lowest BCUT2D eigenvalue weighted by atomic mass is 9.87. The molecule has 0 fully saturated rings. The summed E-state index contributed by atoms with van der Waals surface area (Å²) in [5.74, 6) is 0.353. The highest BCUT2D eigenvalue weighted by molar-refractivity contribution is 5.95. The van der Waals surface area contributed by atoms with Crippen LogP contribution in [0.1, 0.15) is 46.1 Å². The van der Waals surface area contributed by atoms with E-state index in [0.29, 0.717) is 5.92 Å². The molecule has 0 aliphatic rings. The number of halogens is 1. The smallest absolute Gasteiger partial charge is 0.241 e. The van der Waals surface area contributed by atoms with Gasteiger partial charge in [0.05, 0.1) is 6.04 Å². The monoisotopic (exact) mass is 284 g/mol. The predicted octanol–water partition coefficient (Wildman–Crippen LogP) is 3.54. The minimum atomic E-state index is -0.512. The van der Waals surface area contributed by atoms with E-state index in [1.54, 1.807) is 0 Å². The quantitative estimate of drug-likeness (QED) is 0.892. The Hall–Kier alpha value is -1.06. The Labute approximate surface area is 122 Å². The molecule has 3 nitrogen and oxygen atoms in total. The van der Waals surface area contributed by atoms with E-state index in [9.17, 15) is 4.79 Å². The zero-order chi connectivity index (χ0) is 13.9. The fourth-order valence-electron chi connectivity index (χ4n) is 1.56. The van der Waals surface area contributed by atoms with Crippen molar-refractivity contribution in [1.82, 2.24) is 0 Å². The molecular formula is C15H25ClN2O. The second kappa shape index (κ2) is 6.92. The van der Waals surface area contributed by atoms with E-state index in [1.807, 2.05) is 45.0 Å². The van der Waals surface area contributed by atoms with Gasteiger partial charge < -0.3 is 11.1 Å². The van der Waals surface area contributed by atoms with Crippen molar-refractivity contribution in [1.29, 1.82) is 0 Å². The molecule has 1 rings (SSSR count). The average molecular weight is 285 g/mol. The standard InChI is InChI=1S/C15H24N2O.ClH/c1-10(2)11-6-8-12(9-7-11)17-14(18)13(16)15(3,4)5;/h6-10,13H,16H2,1-5H3,(H,17,18);1H/t13-;/m1./s1. The summed E-state index contributed by atoms with van der Waals surface area (Å²) in [4.78, 5) is 11.9. The number of anilines is 1. The third-order valence-corrected chi connectivity index (χ3v) is 3.06. The van der Waals surface area contributed by atoms with Crippen molar-refractivity contribution in [3.63, 3.8) is 0 Å². The second-order valence-corrected chi connectivity index (χ2v) is 6.11. The zero-order valence-electron chi connectivity index (χ0n) is 12.4. The molecule has 3 N–H and O–H groups in total. The van der Waals surface area contributed by atoms with Gasteiger partial charge in [-0.2, -0.15) is 0 Å². The van der Waals surface area contributed by atoms with Crippen molar-refractivity contribution >= 4 is 24.0 Å². The summed E-state index contributed by atoms with van der Waals surface area (Å²) in [7, 11) is 0. The Kier molecular flexibility index (Phi) is 6.53. The van der Waals surface area contributed by atoms with E-state index in [1.165, 1.54) is 5.56 Å². The first kappa shape index (κ1) is 17.9. The molecule has 1 aromatic rings. The maximum absolute atomic E-state index is 11.9. The van der Waals surface area contributed by atoms with Crippen LogP contribution in [0.25, 0.3) is 0 Å². The average Bonchev–Trinajstić information content (AvgIpc) is 2.27. The van der Waals surface area contributed by atoms with Crippen LogP contribution in [-0.4, -0.2) is 11.9 Å². The van der Waals surface area contributed by atoms with Gasteiger partial charge in [-0.05, 0) is 29.0 Å². The van der Waals surface area contributed by atoms with Crippen molar-refractivity contribution in [3.8, 4) is 0 Å². The lowest BCUT2D eigenvalue weighted by Crippen LogP contribution is -2.45. The largest absolute Gasteiger partial charge is 0.325 e. The summed E-state index contributed by atoms with van der Waals surface area (Å²) in [6.45, 7) is 10.2. The minimum Gasteiger partial charge on any atom is -0.325 e. The van der Waals surface area contributed by atoms with Crippen LogP contribution in [-0.2, 0) is 4.79 Å². The predicted molar refractivity (Wildman–Crippen MR) is 83.8 cm³/mol. The van der Waals surface area contributed by atoms with Gasteiger partial charge in [0.15, 0.2) is 0 Å². The highest BCUT2D eigenvalue weighted by atomic mass is 35.5. The van der Waals surface area contributed by atoms with Crippen LogP contribution in [0.4, 0.5) is 5.69 Å². The van der Waals surface area contributed by atoms with E-state index in [-0.39, 0.29) is 23.7 Å². The van der Waals surface area contributed by atoms with E-state index >= 15 is 0 Å².